The smallest absolute Gasteiger partial charge is 0.345 e. The van der Waals surface area contributed by atoms with Crippen molar-refractivity contribution in [1.82, 2.24) is 9.97 Å². The van der Waals surface area contributed by atoms with Crippen LogP contribution >= 0.6 is 38.6 Å². The van der Waals surface area contributed by atoms with Gasteiger partial charge in [0, 0.05) is 38.7 Å². The molecule has 3 aromatic heterocycles. The number of halogens is 1. The summed E-state index contributed by atoms with van der Waals surface area (Å²) in [5.41, 5.74) is 1.45. The summed E-state index contributed by atoms with van der Waals surface area (Å²) < 4.78 is 33.6. The lowest BCUT2D eigenvalue weighted by Gasteiger charge is -2.06. The van der Waals surface area contributed by atoms with E-state index >= 15 is 0 Å². The quantitative estimate of drug-likeness (QED) is 0.171. The molecule has 3 heterocycles. The molecule has 0 aliphatic rings. The maximum Gasteiger partial charge on any atom is 0.345 e. The molecular formula is C24H14BrN5O4S3. The van der Waals surface area contributed by atoms with Crippen LogP contribution in [0.15, 0.2) is 90.3 Å². The average molecular weight is 613 g/mol. The fraction of sp³-hybridized carbons (Fsp3) is 0. The van der Waals surface area contributed by atoms with Gasteiger partial charge >= 0.3 is 5.63 Å². The molecule has 0 radical (unpaired) electrons. The lowest BCUT2D eigenvalue weighted by molar-refractivity contribution is 0.563. The molecule has 0 atom stereocenters. The molecule has 2 aromatic carbocycles. The topological polar surface area (TPSA) is 138 Å². The number of anilines is 2. The Hall–Kier alpha value is -3.83. The van der Waals surface area contributed by atoms with Crippen LogP contribution in [-0.4, -0.2) is 18.4 Å². The summed E-state index contributed by atoms with van der Waals surface area (Å²) >= 11 is 5.80. The summed E-state index contributed by atoms with van der Waals surface area (Å²) in [6, 6.07) is 15.2. The Kier molecular flexibility index (Phi) is 6.90. The molecule has 0 aliphatic heterocycles. The van der Waals surface area contributed by atoms with E-state index in [9.17, 15) is 18.5 Å². The van der Waals surface area contributed by atoms with Gasteiger partial charge in [0.15, 0.2) is 5.13 Å². The first kappa shape index (κ1) is 24.8. The van der Waals surface area contributed by atoms with E-state index in [1.54, 1.807) is 41.1 Å². The Morgan fingerprint density at radius 1 is 1.14 bits per heavy atom. The molecule has 9 nitrogen and oxygen atoms in total. The number of aromatic nitrogens is 2. The van der Waals surface area contributed by atoms with E-state index < -0.39 is 15.6 Å². The summed E-state index contributed by atoms with van der Waals surface area (Å²) in [6.45, 7) is 0. The van der Waals surface area contributed by atoms with E-state index in [-0.39, 0.29) is 15.6 Å². The highest BCUT2D eigenvalue weighted by Crippen LogP contribution is 2.28. The normalized spacial score (nSPS) is 11.8. The van der Waals surface area contributed by atoms with E-state index in [0.717, 1.165) is 9.86 Å². The van der Waals surface area contributed by atoms with Crippen LogP contribution in [0.4, 0.5) is 10.8 Å². The van der Waals surface area contributed by atoms with Crippen LogP contribution in [0.1, 0.15) is 5.01 Å². The van der Waals surface area contributed by atoms with Gasteiger partial charge in [-0.25, -0.2) is 23.2 Å². The first-order chi connectivity index (χ1) is 17.8. The van der Waals surface area contributed by atoms with Crippen LogP contribution < -0.4 is 15.7 Å². The van der Waals surface area contributed by atoms with Crippen LogP contribution in [-0.2, 0) is 10.0 Å². The van der Waals surface area contributed by atoms with Crippen LogP contribution in [0.5, 0.6) is 0 Å². The molecule has 0 spiro atoms. The highest BCUT2D eigenvalue weighted by molar-refractivity contribution is 9.10. The van der Waals surface area contributed by atoms with E-state index in [1.165, 1.54) is 47.2 Å². The van der Waals surface area contributed by atoms with Gasteiger partial charge in [-0.15, -0.1) is 22.7 Å². The van der Waals surface area contributed by atoms with Gasteiger partial charge in [-0.3, -0.25) is 4.72 Å². The maximum atomic E-state index is 12.5. The molecule has 5 rings (SSSR count). The predicted octanol–water partition coefficient (Wildman–Crippen LogP) is 5.91. The minimum Gasteiger partial charge on any atom is -0.422 e. The first-order valence-electron chi connectivity index (χ1n) is 10.4. The second-order valence-corrected chi connectivity index (χ2v) is 11.8. The van der Waals surface area contributed by atoms with E-state index in [4.69, 9.17) is 4.42 Å². The van der Waals surface area contributed by atoms with Gasteiger partial charge in [0.25, 0.3) is 10.0 Å². The van der Waals surface area contributed by atoms with Crippen molar-refractivity contribution in [3.8, 4) is 17.3 Å². The standard InChI is InChI=1S/C24H14BrN5O4S3/c25-16-1-6-21-14(9-16)10-19(23(31)34-21)20-13-36-22(29-20)15(11-26)12-28-17-2-4-18(5-3-17)37(32,33)30-24-27-7-8-35-24/h1-10,12-13,28H,(H,27,30). The molecule has 0 amide bonds. The third kappa shape index (κ3) is 5.47. The number of rotatable bonds is 7. The third-order valence-electron chi connectivity index (χ3n) is 5.03. The first-order valence-corrected chi connectivity index (χ1v) is 14.4. The Bertz CT molecular complexity index is 1840. The second-order valence-electron chi connectivity index (χ2n) is 7.45. The Balaban J connectivity index is 1.35. The highest BCUT2D eigenvalue weighted by Gasteiger charge is 2.16. The SMILES string of the molecule is N#CC(=CNc1ccc(S(=O)(=O)Nc2nccs2)cc1)c1nc(-c2cc3cc(Br)ccc3oc2=O)cs1. The molecular weight excluding hydrogens is 598 g/mol. The van der Waals surface area contributed by atoms with Crippen LogP contribution in [0.25, 0.3) is 27.8 Å². The number of nitrogens with one attached hydrogen (secondary N) is 2. The van der Waals surface area contributed by atoms with Crippen molar-refractivity contribution in [2.75, 3.05) is 10.0 Å². The average Bonchev–Trinajstić information content (AvgIpc) is 3.57. The van der Waals surface area contributed by atoms with Crippen molar-refractivity contribution < 1.29 is 12.8 Å². The van der Waals surface area contributed by atoms with Crippen molar-refractivity contribution in [2.24, 2.45) is 0 Å². The zero-order valence-corrected chi connectivity index (χ0v) is 22.5. The van der Waals surface area contributed by atoms with Gasteiger partial charge in [-0.05, 0) is 48.5 Å². The van der Waals surface area contributed by atoms with Crippen LogP contribution in [0.2, 0.25) is 0 Å². The molecule has 13 heteroatoms. The molecule has 0 saturated carbocycles. The molecule has 37 heavy (non-hydrogen) atoms. The Morgan fingerprint density at radius 2 is 1.95 bits per heavy atom. The number of hydrogen-bond donors (Lipinski definition) is 2. The lowest BCUT2D eigenvalue weighted by atomic mass is 10.1. The van der Waals surface area contributed by atoms with E-state index in [1.807, 2.05) is 6.07 Å². The Morgan fingerprint density at radius 3 is 2.68 bits per heavy atom. The molecule has 0 saturated heterocycles. The molecule has 5 aromatic rings. The highest BCUT2D eigenvalue weighted by atomic mass is 79.9. The van der Waals surface area contributed by atoms with Crippen LogP contribution in [0, 0.1) is 11.3 Å². The molecule has 2 N–H and O–H groups in total. The number of allylic oxidation sites excluding steroid dienone is 1. The van der Waals surface area contributed by atoms with E-state index in [2.05, 4.69) is 42.0 Å². The summed E-state index contributed by atoms with van der Waals surface area (Å²) in [4.78, 5) is 21.0. The third-order valence-corrected chi connectivity index (χ3v) is 8.57. The summed E-state index contributed by atoms with van der Waals surface area (Å²) in [6.07, 6.45) is 2.98. The minimum absolute atomic E-state index is 0.0727. The van der Waals surface area contributed by atoms with Crippen molar-refractivity contribution in [1.29, 1.82) is 5.26 Å². The van der Waals surface area contributed by atoms with Gasteiger partial charge < -0.3 is 9.73 Å². The van der Waals surface area contributed by atoms with Gasteiger partial charge in [-0.2, -0.15) is 5.26 Å². The van der Waals surface area contributed by atoms with Crippen molar-refractivity contribution in [3.05, 3.63) is 91.6 Å². The monoisotopic (exact) mass is 611 g/mol. The van der Waals surface area contributed by atoms with Gasteiger partial charge in [0.1, 0.15) is 22.2 Å². The Labute approximate surface area is 226 Å². The number of hydrogen-bond acceptors (Lipinski definition) is 10. The molecule has 0 aliphatic carbocycles. The molecule has 184 valence electrons. The van der Waals surface area contributed by atoms with E-state index in [0.29, 0.717) is 27.5 Å². The molecule has 0 fully saturated rings. The van der Waals surface area contributed by atoms with Gasteiger partial charge in [-0.1, -0.05) is 15.9 Å². The number of thiazole rings is 2. The molecule has 0 bridgehead atoms. The zero-order chi connectivity index (χ0) is 26.0. The lowest BCUT2D eigenvalue weighted by Crippen LogP contribution is -2.12. The summed E-state index contributed by atoms with van der Waals surface area (Å²) in [7, 11) is -3.76. The minimum atomic E-state index is -3.76. The number of fused-ring (bicyclic) bond motifs is 1. The van der Waals surface area contributed by atoms with Crippen molar-refractivity contribution in [3.63, 3.8) is 0 Å². The van der Waals surface area contributed by atoms with Gasteiger partial charge in [0.05, 0.1) is 16.2 Å². The van der Waals surface area contributed by atoms with Gasteiger partial charge in [0.2, 0.25) is 0 Å². The largest absolute Gasteiger partial charge is 0.422 e. The summed E-state index contributed by atoms with van der Waals surface area (Å²) in [5.74, 6) is 0. The number of sulfonamides is 1. The number of nitriles is 1. The van der Waals surface area contributed by atoms with Crippen molar-refractivity contribution in [2.45, 2.75) is 4.90 Å². The number of nitrogens with zero attached hydrogens (tertiary/aromatic N) is 3. The maximum absolute atomic E-state index is 12.5. The van der Waals surface area contributed by atoms with Crippen molar-refractivity contribution >= 4 is 76.0 Å². The fourth-order valence-corrected chi connectivity index (χ4v) is 6.22. The summed E-state index contributed by atoms with van der Waals surface area (Å²) in [5, 5.41) is 17.4. The fourth-order valence-electron chi connectivity index (χ4n) is 3.27. The molecule has 0 unspecified atom stereocenters. The zero-order valence-electron chi connectivity index (χ0n) is 18.5. The predicted molar refractivity (Wildman–Crippen MR) is 148 cm³/mol. The second kappa shape index (κ2) is 10.3. The van der Waals surface area contributed by atoms with Crippen LogP contribution in [0.3, 0.4) is 0 Å². The number of benzene rings is 2.